The van der Waals surface area contributed by atoms with E-state index in [-0.39, 0.29) is 24.2 Å². The predicted molar refractivity (Wildman–Crippen MR) is 125 cm³/mol. The van der Waals surface area contributed by atoms with Crippen LogP contribution in [0.4, 0.5) is 0 Å². The molecule has 0 spiro atoms. The van der Waals surface area contributed by atoms with Crippen LogP contribution in [0.3, 0.4) is 0 Å². The van der Waals surface area contributed by atoms with E-state index in [9.17, 15) is 35.1 Å². The van der Waals surface area contributed by atoms with Gasteiger partial charge in [0, 0.05) is 17.0 Å². The molecule has 0 saturated carbocycles. The molecule has 0 aliphatic carbocycles. The molecule has 2 aliphatic heterocycles. The summed E-state index contributed by atoms with van der Waals surface area (Å²) in [4.78, 5) is 27.7. The number of rotatable bonds is 8. The van der Waals surface area contributed by atoms with Gasteiger partial charge in [0.15, 0.2) is 6.29 Å². The van der Waals surface area contributed by atoms with Crippen molar-refractivity contribution >= 4 is 22.8 Å². The fourth-order valence-electron chi connectivity index (χ4n) is 4.41. The number of carboxylic acids is 1. The third kappa shape index (κ3) is 5.69. The molecule has 0 unspecified atom stereocenters. The van der Waals surface area contributed by atoms with E-state index in [1.807, 2.05) is 30.3 Å². The van der Waals surface area contributed by atoms with Crippen LogP contribution in [0.15, 0.2) is 53.8 Å². The first-order chi connectivity index (χ1) is 17.7. The highest BCUT2D eigenvalue weighted by molar-refractivity contribution is 5.89. The van der Waals surface area contributed by atoms with E-state index in [0.29, 0.717) is 5.69 Å². The van der Waals surface area contributed by atoms with Crippen molar-refractivity contribution in [2.75, 3.05) is 6.61 Å². The maximum Gasteiger partial charge on any atom is 0.335 e. The average Bonchev–Trinajstić information content (AvgIpc) is 3.31. The average molecular weight is 520 g/mol. The molecule has 7 atom stereocenters. The van der Waals surface area contributed by atoms with Crippen molar-refractivity contribution in [2.24, 2.45) is 5.92 Å². The molecule has 0 bridgehead atoms. The molecule has 1 saturated heterocycles. The summed E-state index contributed by atoms with van der Waals surface area (Å²) in [5, 5.41) is 50.3. The van der Waals surface area contributed by atoms with Crippen molar-refractivity contribution in [3.05, 3.63) is 59.5 Å². The molecule has 1 aromatic carbocycles. The number of para-hydroxylation sites is 1. The van der Waals surface area contributed by atoms with Crippen LogP contribution >= 0.6 is 0 Å². The normalized spacial score (nSPS) is 31.1. The van der Waals surface area contributed by atoms with Gasteiger partial charge in [-0.05, 0) is 24.4 Å². The van der Waals surface area contributed by atoms with E-state index in [2.05, 4.69) is 4.98 Å². The Morgan fingerprint density at radius 3 is 2.57 bits per heavy atom. The van der Waals surface area contributed by atoms with Crippen molar-refractivity contribution in [2.45, 2.75) is 56.9 Å². The lowest BCUT2D eigenvalue weighted by molar-refractivity contribution is -0.327. The topological polar surface area (TPSA) is 188 Å². The van der Waals surface area contributed by atoms with Gasteiger partial charge < -0.3 is 49.5 Å². The van der Waals surface area contributed by atoms with Crippen molar-refractivity contribution < 1.29 is 54.1 Å². The molecule has 0 radical (unpaired) electrons. The van der Waals surface area contributed by atoms with Crippen molar-refractivity contribution in [3.63, 3.8) is 0 Å². The highest BCUT2D eigenvalue weighted by Gasteiger charge is 2.46. The van der Waals surface area contributed by atoms with Crippen LogP contribution in [0.2, 0.25) is 0 Å². The van der Waals surface area contributed by atoms with Crippen LogP contribution in [-0.4, -0.2) is 86.1 Å². The molecular formula is C25H29NO11. The number of aliphatic hydroxyl groups is 4. The Morgan fingerprint density at radius 1 is 1.14 bits per heavy atom. The minimum absolute atomic E-state index is 0.0428. The fraction of sp³-hybridized carbons (Fsp3) is 0.440. The smallest absolute Gasteiger partial charge is 0.335 e. The van der Waals surface area contributed by atoms with Gasteiger partial charge in [-0.2, -0.15) is 0 Å². The van der Waals surface area contributed by atoms with E-state index in [4.69, 9.17) is 18.9 Å². The Balaban J connectivity index is 1.46. The van der Waals surface area contributed by atoms with Gasteiger partial charge in [0.25, 0.3) is 0 Å². The number of aliphatic hydroxyl groups excluding tert-OH is 4. The molecule has 4 rings (SSSR count). The van der Waals surface area contributed by atoms with Gasteiger partial charge in [0.1, 0.15) is 31.0 Å². The van der Waals surface area contributed by atoms with E-state index >= 15 is 0 Å². The van der Waals surface area contributed by atoms with Gasteiger partial charge in [0.2, 0.25) is 6.29 Å². The molecule has 0 amide bonds. The summed E-state index contributed by atoms with van der Waals surface area (Å²) >= 11 is 0. The SMILES string of the molecule is C/C=C1/[C@H](O[C@H]2O[C@@H](CO)[C@H](O)[C@@H](O)[C@@H]2O)OC=C(C(=O)O)[C@H]1CC(=O)OCc1cc2ccccc2[nH]1. The molecule has 200 valence electrons. The summed E-state index contributed by atoms with van der Waals surface area (Å²) in [7, 11) is 0. The number of fused-ring (bicyclic) bond motifs is 1. The monoisotopic (exact) mass is 519 g/mol. The molecule has 1 aromatic heterocycles. The van der Waals surface area contributed by atoms with Crippen LogP contribution in [0.5, 0.6) is 0 Å². The first kappa shape index (κ1) is 26.8. The van der Waals surface area contributed by atoms with Gasteiger partial charge >= 0.3 is 11.9 Å². The molecule has 6 N–H and O–H groups in total. The zero-order valence-corrected chi connectivity index (χ0v) is 19.9. The summed E-state index contributed by atoms with van der Waals surface area (Å²) in [6.07, 6.45) is -6.84. The lowest BCUT2D eigenvalue weighted by atomic mass is 9.86. The third-order valence-corrected chi connectivity index (χ3v) is 6.40. The Hall–Kier alpha value is -3.26. The Labute approximate surface area is 211 Å². The third-order valence-electron chi connectivity index (χ3n) is 6.40. The van der Waals surface area contributed by atoms with Gasteiger partial charge in [-0.1, -0.05) is 24.3 Å². The summed E-state index contributed by atoms with van der Waals surface area (Å²) in [5.74, 6) is -2.95. The van der Waals surface area contributed by atoms with Crippen LogP contribution in [0.25, 0.3) is 10.9 Å². The van der Waals surface area contributed by atoms with Crippen LogP contribution < -0.4 is 0 Å². The maximum atomic E-state index is 12.7. The fourth-order valence-corrected chi connectivity index (χ4v) is 4.41. The molecule has 3 heterocycles. The Bertz CT molecular complexity index is 1150. The van der Waals surface area contributed by atoms with Crippen LogP contribution in [0, 0.1) is 5.92 Å². The van der Waals surface area contributed by atoms with E-state index in [0.717, 1.165) is 17.2 Å². The Morgan fingerprint density at radius 2 is 1.89 bits per heavy atom. The number of carboxylic acid groups (broad SMARTS) is 1. The number of carbonyl (C=O) groups is 2. The number of ether oxygens (including phenoxy) is 4. The quantitative estimate of drug-likeness (QED) is 0.208. The van der Waals surface area contributed by atoms with Gasteiger partial charge in [-0.15, -0.1) is 0 Å². The maximum absolute atomic E-state index is 12.7. The number of aromatic amines is 1. The summed E-state index contributed by atoms with van der Waals surface area (Å²) < 4.78 is 21.8. The zero-order valence-electron chi connectivity index (χ0n) is 19.9. The number of H-pyrrole nitrogens is 1. The summed E-state index contributed by atoms with van der Waals surface area (Å²) in [5.41, 5.74) is 1.60. The Kier molecular flexibility index (Phi) is 8.27. The molecule has 1 fully saturated rings. The number of hydrogen-bond donors (Lipinski definition) is 6. The highest BCUT2D eigenvalue weighted by Crippen LogP contribution is 2.36. The van der Waals surface area contributed by atoms with Gasteiger partial charge in [0.05, 0.1) is 30.6 Å². The van der Waals surface area contributed by atoms with Gasteiger partial charge in [-0.25, -0.2) is 4.79 Å². The number of nitrogens with one attached hydrogen (secondary N) is 1. The minimum Gasteiger partial charge on any atom is -0.478 e. The second-order valence-corrected chi connectivity index (χ2v) is 8.77. The number of aromatic nitrogens is 1. The van der Waals surface area contributed by atoms with E-state index in [1.165, 1.54) is 6.08 Å². The lowest BCUT2D eigenvalue weighted by Gasteiger charge is -2.41. The van der Waals surface area contributed by atoms with Crippen LogP contribution in [0.1, 0.15) is 19.0 Å². The predicted octanol–water partition coefficient (Wildman–Crippen LogP) is 0.305. The summed E-state index contributed by atoms with van der Waals surface area (Å²) in [6, 6.07) is 9.41. The highest BCUT2D eigenvalue weighted by atomic mass is 16.8. The van der Waals surface area contributed by atoms with Crippen LogP contribution in [-0.2, 0) is 35.1 Å². The number of aliphatic carboxylic acids is 1. The second-order valence-electron chi connectivity index (χ2n) is 8.77. The second kappa shape index (κ2) is 11.4. The van der Waals surface area contributed by atoms with Crippen molar-refractivity contribution in [3.8, 4) is 0 Å². The number of benzene rings is 1. The standard InChI is InChI=1S/C25H29NO11/c1-2-14-15(8-19(28)34-10-13-7-12-5-3-4-6-17(12)26-13)16(23(32)33)11-35-24(14)37-25-22(31)21(30)20(29)18(9-27)36-25/h2-7,11,15,18,20-22,24-27,29-31H,8-10H2,1H3,(H,32,33)/b14-2+/t15-,18-,20-,21+,22-,24-,25+/m0/s1. The van der Waals surface area contributed by atoms with Crippen molar-refractivity contribution in [1.82, 2.24) is 4.98 Å². The largest absolute Gasteiger partial charge is 0.478 e. The lowest BCUT2D eigenvalue weighted by Crippen LogP contribution is -2.60. The molecule has 2 aliphatic rings. The molecule has 12 heteroatoms. The minimum atomic E-state index is -1.69. The first-order valence-corrected chi connectivity index (χ1v) is 11.7. The first-order valence-electron chi connectivity index (χ1n) is 11.7. The van der Waals surface area contributed by atoms with Gasteiger partial charge in [-0.3, -0.25) is 4.79 Å². The molecular weight excluding hydrogens is 490 g/mol. The number of carbonyl (C=O) groups excluding carboxylic acids is 1. The zero-order chi connectivity index (χ0) is 26.7. The molecule has 2 aromatic rings. The molecule has 12 nitrogen and oxygen atoms in total. The number of allylic oxidation sites excluding steroid dienone is 1. The summed E-state index contributed by atoms with van der Waals surface area (Å²) in [6.45, 7) is 0.898. The number of hydrogen-bond acceptors (Lipinski definition) is 10. The van der Waals surface area contributed by atoms with E-state index in [1.54, 1.807) is 6.92 Å². The van der Waals surface area contributed by atoms with Crippen molar-refractivity contribution in [1.29, 1.82) is 0 Å². The van der Waals surface area contributed by atoms with E-state index < -0.39 is 61.5 Å². The number of esters is 1. The molecule has 37 heavy (non-hydrogen) atoms.